The zero-order chi connectivity index (χ0) is 26.8. The van der Waals surface area contributed by atoms with Gasteiger partial charge in [0.25, 0.3) is 5.91 Å². The van der Waals surface area contributed by atoms with Gasteiger partial charge in [-0.15, -0.1) is 0 Å². The lowest BCUT2D eigenvalue weighted by atomic mass is 10.0. The number of amides is 4. The van der Waals surface area contributed by atoms with Crippen LogP contribution in [0.25, 0.3) is 0 Å². The Morgan fingerprint density at radius 2 is 1.62 bits per heavy atom. The molecule has 1 unspecified atom stereocenters. The molecule has 192 valence electrons. The molecule has 1 saturated heterocycles. The molecular formula is C26H23F3N4O3S. The Balaban J connectivity index is 1.65. The van der Waals surface area contributed by atoms with E-state index < -0.39 is 29.2 Å². The number of imide groups is 1. The minimum atomic E-state index is -4.46. The first kappa shape index (κ1) is 26.2. The van der Waals surface area contributed by atoms with Gasteiger partial charge in [-0.2, -0.15) is 13.2 Å². The van der Waals surface area contributed by atoms with Crippen LogP contribution in [-0.2, 0) is 16.0 Å². The maximum absolute atomic E-state index is 13.7. The molecule has 1 aliphatic heterocycles. The average molecular weight is 529 g/mol. The molecule has 1 aromatic heterocycles. The van der Waals surface area contributed by atoms with E-state index in [4.69, 9.17) is 0 Å². The molecule has 1 atom stereocenters. The van der Waals surface area contributed by atoms with Crippen LogP contribution in [0.4, 0.5) is 23.7 Å². The van der Waals surface area contributed by atoms with Crippen LogP contribution in [0.15, 0.2) is 84.0 Å². The number of hydrogen-bond donors (Lipinski definition) is 1. The van der Waals surface area contributed by atoms with E-state index in [-0.39, 0.29) is 34.7 Å². The van der Waals surface area contributed by atoms with Crippen molar-refractivity contribution in [1.29, 1.82) is 0 Å². The van der Waals surface area contributed by atoms with Gasteiger partial charge in [0.2, 0.25) is 5.91 Å². The summed E-state index contributed by atoms with van der Waals surface area (Å²) in [6.07, 6.45) is 2.07. The Bertz CT molecular complexity index is 1290. The number of halogens is 3. The van der Waals surface area contributed by atoms with Crippen LogP contribution >= 0.6 is 11.8 Å². The molecule has 11 heteroatoms. The molecule has 1 N–H and O–H groups in total. The fourth-order valence-corrected chi connectivity index (χ4v) is 4.64. The van der Waals surface area contributed by atoms with Gasteiger partial charge in [0.05, 0.1) is 12.1 Å². The quantitative estimate of drug-likeness (QED) is 0.333. The summed E-state index contributed by atoms with van der Waals surface area (Å²) in [5.41, 5.74) is -4.42. The van der Waals surface area contributed by atoms with E-state index in [0.29, 0.717) is 5.56 Å². The van der Waals surface area contributed by atoms with Crippen molar-refractivity contribution in [2.45, 2.75) is 42.4 Å². The summed E-state index contributed by atoms with van der Waals surface area (Å²) in [5.74, 6) is -0.943. The molecule has 2 aromatic carbocycles. The lowest BCUT2D eigenvalue weighted by Gasteiger charge is -2.36. The average Bonchev–Trinajstić information content (AvgIpc) is 3.02. The summed E-state index contributed by atoms with van der Waals surface area (Å²) in [5, 5.41) is 2.87. The molecule has 0 spiro atoms. The summed E-state index contributed by atoms with van der Waals surface area (Å²) in [7, 11) is 0. The number of carbonyl (C=O) groups is 3. The van der Waals surface area contributed by atoms with Crippen molar-refractivity contribution in [1.82, 2.24) is 15.2 Å². The molecule has 1 aliphatic rings. The minimum absolute atomic E-state index is 0.0564. The van der Waals surface area contributed by atoms with Crippen LogP contribution in [0.1, 0.15) is 31.1 Å². The summed E-state index contributed by atoms with van der Waals surface area (Å²) in [4.78, 5) is 46.2. The predicted molar refractivity (Wildman–Crippen MR) is 132 cm³/mol. The number of urea groups is 1. The van der Waals surface area contributed by atoms with Crippen molar-refractivity contribution in [3.8, 4) is 0 Å². The number of nitrogens with zero attached hydrogens (tertiary/aromatic N) is 3. The molecule has 4 amide bonds. The number of alkyl halides is 3. The van der Waals surface area contributed by atoms with Gasteiger partial charge in [0, 0.05) is 17.3 Å². The van der Waals surface area contributed by atoms with Gasteiger partial charge in [0.1, 0.15) is 11.7 Å². The van der Waals surface area contributed by atoms with Gasteiger partial charge in [0.15, 0.2) is 0 Å². The summed E-state index contributed by atoms with van der Waals surface area (Å²) < 4.78 is 38.1. The van der Waals surface area contributed by atoms with Gasteiger partial charge >= 0.3 is 11.5 Å². The van der Waals surface area contributed by atoms with E-state index in [0.717, 1.165) is 10.5 Å². The maximum atomic E-state index is 13.7. The van der Waals surface area contributed by atoms with Crippen LogP contribution in [0.2, 0.25) is 0 Å². The number of rotatable bonds is 7. The lowest BCUT2D eigenvalue weighted by Crippen LogP contribution is -2.52. The van der Waals surface area contributed by atoms with Crippen molar-refractivity contribution in [3.05, 3.63) is 90.3 Å². The van der Waals surface area contributed by atoms with Gasteiger partial charge in [-0.3, -0.25) is 19.5 Å². The Morgan fingerprint density at radius 3 is 2.22 bits per heavy atom. The predicted octanol–water partition coefficient (Wildman–Crippen LogP) is 5.30. The molecule has 0 saturated carbocycles. The Morgan fingerprint density at radius 1 is 1.00 bits per heavy atom. The first-order valence-corrected chi connectivity index (χ1v) is 12.1. The first-order chi connectivity index (χ1) is 17.5. The fourth-order valence-electron chi connectivity index (χ4n) is 4.10. The topological polar surface area (TPSA) is 82.6 Å². The van der Waals surface area contributed by atoms with Crippen LogP contribution in [0.5, 0.6) is 0 Å². The zero-order valence-corrected chi connectivity index (χ0v) is 20.7. The molecule has 4 rings (SSSR count). The van der Waals surface area contributed by atoms with Crippen molar-refractivity contribution < 1.29 is 27.6 Å². The van der Waals surface area contributed by atoms with Gasteiger partial charge in [-0.1, -0.05) is 30.3 Å². The third kappa shape index (κ3) is 5.77. The molecule has 0 bridgehead atoms. The number of aromatic nitrogens is 1. The van der Waals surface area contributed by atoms with E-state index in [1.54, 1.807) is 38.1 Å². The van der Waals surface area contributed by atoms with Crippen LogP contribution in [0.3, 0.4) is 0 Å². The first-order valence-electron chi connectivity index (χ1n) is 11.2. The highest BCUT2D eigenvalue weighted by atomic mass is 32.2. The van der Waals surface area contributed by atoms with E-state index in [9.17, 15) is 27.6 Å². The number of anilines is 1. The van der Waals surface area contributed by atoms with Gasteiger partial charge < -0.3 is 5.32 Å². The Labute approximate surface area is 215 Å². The molecule has 0 radical (unpaired) electrons. The Hall–Kier alpha value is -3.86. The molecule has 7 nitrogen and oxygen atoms in total. The number of thioether (sulfide) groups is 1. The third-order valence-electron chi connectivity index (χ3n) is 5.84. The smallest absolute Gasteiger partial charge is 0.331 e. The lowest BCUT2D eigenvalue weighted by molar-refractivity contribution is -0.127. The SMILES string of the molecule is CC1(C)C(=O)N(c2ccc(SC(F)(F)F)cc2)C(=O)N1C(NC(=O)Cc1ccccc1)c1ccncc1. The van der Waals surface area contributed by atoms with Crippen LogP contribution in [-0.4, -0.2) is 38.8 Å². The fraction of sp³-hybridized carbons (Fsp3) is 0.231. The summed E-state index contributed by atoms with van der Waals surface area (Å²) in [6.45, 7) is 3.11. The molecule has 1 fully saturated rings. The minimum Gasteiger partial charge on any atom is -0.331 e. The monoisotopic (exact) mass is 528 g/mol. The largest absolute Gasteiger partial charge is 0.446 e. The van der Waals surface area contributed by atoms with E-state index in [2.05, 4.69) is 10.3 Å². The number of nitrogens with one attached hydrogen (secondary N) is 1. The highest BCUT2D eigenvalue weighted by Crippen LogP contribution is 2.40. The van der Waals surface area contributed by atoms with Crippen molar-refractivity contribution in [2.24, 2.45) is 0 Å². The second-order valence-electron chi connectivity index (χ2n) is 8.81. The van der Waals surface area contributed by atoms with Crippen molar-refractivity contribution in [3.63, 3.8) is 0 Å². The number of carbonyl (C=O) groups excluding carboxylic acids is 3. The van der Waals surface area contributed by atoms with Gasteiger partial charge in [-0.05, 0) is 73.1 Å². The third-order valence-corrected chi connectivity index (χ3v) is 6.58. The van der Waals surface area contributed by atoms with E-state index in [1.165, 1.54) is 41.6 Å². The summed E-state index contributed by atoms with van der Waals surface area (Å²) in [6, 6.07) is 16.6. The number of hydrogen-bond acceptors (Lipinski definition) is 5. The second kappa shape index (κ2) is 10.3. The second-order valence-corrected chi connectivity index (χ2v) is 9.95. The van der Waals surface area contributed by atoms with Crippen molar-refractivity contribution >= 4 is 35.3 Å². The van der Waals surface area contributed by atoms with E-state index >= 15 is 0 Å². The standard InChI is InChI=1S/C26H23F3N4O3S/c1-25(2)23(35)32(19-8-10-20(11-9-19)37-26(27,28)29)24(36)33(25)22(18-12-14-30-15-13-18)31-21(34)16-17-6-4-3-5-7-17/h3-15,22H,16H2,1-2H3,(H,31,34). The molecule has 2 heterocycles. The highest BCUT2D eigenvalue weighted by molar-refractivity contribution is 8.00. The maximum Gasteiger partial charge on any atom is 0.446 e. The normalized spacial score (nSPS) is 16.1. The van der Waals surface area contributed by atoms with Crippen LogP contribution in [0, 0.1) is 0 Å². The molecular weight excluding hydrogens is 505 g/mol. The van der Waals surface area contributed by atoms with Gasteiger partial charge in [-0.25, -0.2) is 9.69 Å². The Kier molecular flexibility index (Phi) is 7.26. The molecule has 37 heavy (non-hydrogen) atoms. The summed E-state index contributed by atoms with van der Waals surface area (Å²) >= 11 is -0.289. The molecule has 3 aromatic rings. The van der Waals surface area contributed by atoms with Crippen LogP contribution < -0.4 is 10.2 Å². The van der Waals surface area contributed by atoms with Crippen molar-refractivity contribution in [2.75, 3.05) is 4.90 Å². The number of pyridine rings is 1. The molecule has 0 aliphatic carbocycles. The highest BCUT2D eigenvalue weighted by Gasteiger charge is 2.55. The van der Waals surface area contributed by atoms with E-state index in [1.807, 2.05) is 18.2 Å². The number of benzene rings is 2. The zero-order valence-electron chi connectivity index (χ0n) is 19.9.